The molecule has 0 fully saturated rings. The van der Waals surface area contributed by atoms with Gasteiger partial charge in [0.1, 0.15) is 0 Å². The van der Waals surface area contributed by atoms with E-state index < -0.39 is 8.07 Å². The highest BCUT2D eigenvalue weighted by molar-refractivity contribution is 7.16. The molecular weight excluding hydrogens is 352 g/mol. The summed E-state index contributed by atoms with van der Waals surface area (Å²) in [6.07, 6.45) is 8.18. The summed E-state index contributed by atoms with van der Waals surface area (Å²) in [4.78, 5) is 0. The van der Waals surface area contributed by atoms with Crippen LogP contribution >= 0.6 is 0 Å². The van der Waals surface area contributed by atoms with Crippen LogP contribution < -0.4 is 15.6 Å². The lowest BCUT2D eigenvalue weighted by molar-refractivity contribution is 0.924. The van der Waals surface area contributed by atoms with Gasteiger partial charge in [-0.05, 0) is 35.3 Å². The van der Waals surface area contributed by atoms with E-state index in [0.717, 1.165) is 12.8 Å². The predicted molar refractivity (Wildman–Crippen MR) is 124 cm³/mol. The molecule has 0 bridgehead atoms. The third-order valence-electron chi connectivity index (χ3n) is 5.87. The second-order valence-electron chi connectivity index (χ2n) is 7.71. The number of hydrogen-bond donors (Lipinski definition) is 0. The van der Waals surface area contributed by atoms with E-state index in [1.54, 1.807) is 10.8 Å². The molecule has 1 aliphatic carbocycles. The first-order valence-corrected chi connectivity index (χ1v) is 12.3. The molecule has 4 rings (SSSR count). The zero-order valence-corrected chi connectivity index (χ0v) is 17.9. The molecule has 0 spiro atoms. The number of hydrogen-bond acceptors (Lipinski definition) is 0. The molecule has 1 heteroatoms. The van der Waals surface area contributed by atoms with E-state index in [4.69, 9.17) is 0 Å². The monoisotopic (exact) mass is 380 g/mol. The highest BCUT2D eigenvalue weighted by atomic mass is 28.3. The summed E-state index contributed by atoms with van der Waals surface area (Å²) in [7, 11) is -2.31. The summed E-state index contributed by atoms with van der Waals surface area (Å²) in [5.41, 5.74) is 2.90. The molecule has 0 saturated carbocycles. The lowest BCUT2D eigenvalue weighted by Crippen LogP contribution is -2.68. The third kappa shape index (κ3) is 3.20. The van der Waals surface area contributed by atoms with E-state index in [0.29, 0.717) is 0 Å². The Labute approximate surface area is 170 Å². The van der Waals surface area contributed by atoms with Crippen LogP contribution in [-0.4, -0.2) is 8.07 Å². The van der Waals surface area contributed by atoms with Crippen molar-refractivity contribution in [1.29, 1.82) is 0 Å². The highest BCUT2D eigenvalue weighted by Crippen LogP contribution is 2.31. The molecule has 0 amide bonds. The lowest BCUT2D eigenvalue weighted by Gasteiger charge is -2.36. The molecule has 28 heavy (non-hydrogen) atoms. The summed E-state index contributed by atoms with van der Waals surface area (Å²) in [5, 5.41) is 6.13. The van der Waals surface area contributed by atoms with Crippen LogP contribution in [0.2, 0.25) is 0 Å². The van der Waals surface area contributed by atoms with E-state index in [1.807, 2.05) is 0 Å². The van der Waals surface area contributed by atoms with E-state index >= 15 is 0 Å². The fourth-order valence-corrected chi connectivity index (χ4v) is 10.1. The topological polar surface area (TPSA) is 0 Å². The zero-order valence-electron chi connectivity index (χ0n) is 16.9. The molecule has 0 saturated heterocycles. The van der Waals surface area contributed by atoms with Gasteiger partial charge in [-0.1, -0.05) is 127 Å². The molecule has 140 valence electrons. The van der Waals surface area contributed by atoms with E-state index in [1.165, 1.54) is 27.5 Å². The van der Waals surface area contributed by atoms with Gasteiger partial charge in [-0.3, -0.25) is 0 Å². The van der Waals surface area contributed by atoms with Crippen molar-refractivity contribution in [3.05, 3.63) is 113 Å². The minimum absolute atomic E-state index is 1.07. The van der Waals surface area contributed by atoms with Crippen LogP contribution in [0.15, 0.2) is 108 Å². The molecule has 3 aromatic rings. The fourth-order valence-electron chi connectivity index (χ4n) is 4.73. The summed E-state index contributed by atoms with van der Waals surface area (Å²) in [6, 6.07) is 31.8. The van der Waals surface area contributed by atoms with Crippen LogP contribution in [0.1, 0.15) is 31.7 Å². The van der Waals surface area contributed by atoms with Crippen LogP contribution in [0, 0.1) is 6.92 Å². The molecule has 0 N–H and O–H groups in total. The van der Waals surface area contributed by atoms with Gasteiger partial charge in [0.2, 0.25) is 0 Å². The van der Waals surface area contributed by atoms with Crippen molar-refractivity contribution in [1.82, 2.24) is 0 Å². The Hall–Kier alpha value is -2.64. The minimum Gasteiger partial charge on any atom is -0.0805 e. The first kappa shape index (κ1) is 18.7. The van der Waals surface area contributed by atoms with Gasteiger partial charge in [-0.15, -0.1) is 0 Å². The second-order valence-corrected chi connectivity index (χ2v) is 11.5. The predicted octanol–water partition coefficient (Wildman–Crippen LogP) is 5.06. The summed E-state index contributed by atoms with van der Waals surface area (Å²) < 4.78 is 0. The molecule has 1 aliphatic rings. The molecule has 0 unspecified atom stereocenters. The Morgan fingerprint density at radius 1 is 0.750 bits per heavy atom. The first-order valence-electron chi connectivity index (χ1n) is 10.3. The van der Waals surface area contributed by atoms with Crippen LogP contribution in [-0.2, 0) is 0 Å². The Morgan fingerprint density at radius 3 is 1.93 bits per heavy atom. The summed E-state index contributed by atoms with van der Waals surface area (Å²) >= 11 is 0. The lowest BCUT2D eigenvalue weighted by atomic mass is 10.2. The maximum Gasteiger partial charge on any atom is 0.176 e. The van der Waals surface area contributed by atoms with Gasteiger partial charge in [0.25, 0.3) is 0 Å². The average molecular weight is 381 g/mol. The molecule has 0 radical (unpaired) electrons. The summed E-state index contributed by atoms with van der Waals surface area (Å²) in [6.45, 7) is 4.50. The van der Waals surface area contributed by atoms with Crippen molar-refractivity contribution in [2.24, 2.45) is 0 Å². The average Bonchev–Trinajstić information content (AvgIpc) is 3.19. The van der Waals surface area contributed by atoms with Crippen molar-refractivity contribution in [2.75, 3.05) is 0 Å². The van der Waals surface area contributed by atoms with Gasteiger partial charge in [-0.25, -0.2) is 0 Å². The largest absolute Gasteiger partial charge is 0.176 e. The van der Waals surface area contributed by atoms with Crippen molar-refractivity contribution in [3.63, 3.8) is 0 Å². The molecule has 0 aliphatic heterocycles. The Balaban J connectivity index is 2.11. The van der Waals surface area contributed by atoms with Crippen LogP contribution in [0.4, 0.5) is 0 Å². The smallest absolute Gasteiger partial charge is 0.0805 e. The molecule has 3 aromatic carbocycles. The Bertz CT molecular complexity index is 957. The Kier molecular flexibility index (Phi) is 5.45. The number of aryl methyl sites for hydroxylation is 1. The first-order chi connectivity index (χ1) is 13.8. The fraction of sp³-hybridized carbons (Fsp3) is 0.185. The van der Waals surface area contributed by atoms with Gasteiger partial charge in [0.05, 0.1) is 0 Å². The molecule has 0 aromatic heterocycles. The normalized spacial score (nSPS) is 13.9. The highest BCUT2D eigenvalue weighted by Gasteiger charge is 2.44. The number of allylic oxidation sites excluding steroid dienone is 4. The molecule has 0 atom stereocenters. The van der Waals surface area contributed by atoms with Crippen molar-refractivity contribution in [3.8, 4) is 0 Å². The quantitative estimate of drug-likeness (QED) is 0.414. The number of rotatable bonds is 6. The molecular formula is C27H28Si. The van der Waals surface area contributed by atoms with Gasteiger partial charge >= 0.3 is 0 Å². The SMILES string of the molecule is CCCC1=C([Si](c2ccccc2)(c2ccccc2)c2cccc(C)c2)CC=C1. The van der Waals surface area contributed by atoms with Gasteiger partial charge in [0, 0.05) is 0 Å². The van der Waals surface area contributed by atoms with Crippen LogP contribution in [0.3, 0.4) is 0 Å². The zero-order chi connectivity index (χ0) is 19.4. The van der Waals surface area contributed by atoms with Gasteiger partial charge in [-0.2, -0.15) is 0 Å². The van der Waals surface area contributed by atoms with E-state index in [2.05, 4.69) is 111 Å². The minimum atomic E-state index is -2.31. The maximum absolute atomic E-state index is 2.43. The van der Waals surface area contributed by atoms with Gasteiger partial charge in [0.15, 0.2) is 8.07 Å². The number of benzene rings is 3. The third-order valence-corrected chi connectivity index (χ3v) is 10.9. The van der Waals surface area contributed by atoms with Gasteiger partial charge < -0.3 is 0 Å². The van der Waals surface area contributed by atoms with Crippen LogP contribution in [0.25, 0.3) is 0 Å². The summed E-state index contributed by atoms with van der Waals surface area (Å²) in [5.74, 6) is 0. The Morgan fingerprint density at radius 2 is 1.36 bits per heavy atom. The maximum atomic E-state index is 2.43. The standard InChI is InChI=1S/C27H28Si/c1-3-12-23-14-11-20-27(23)28(24-15-6-4-7-16-24,25-17-8-5-9-18-25)26-19-10-13-22(2)21-26/h4-11,13-19,21H,3,12,20H2,1-2H3. The molecule has 0 nitrogen and oxygen atoms in total. The van der Waals surface area contributed by atoms with E-state index in [-0.39, 0.29) is 0 Å². The second kappa shape index (κ2) is 8.16. The van der Waals surface area contributed by atoms with Crippen LogP contribution in [0.5, 0.6) is 0 Å². The van der Waals surface area contributed by atoms with Crippen molar-refractivity contribution >= 4 is 23.6 Å². The van der Waals surface area contributed by atoms with Crippen molar-refractivity contribution in [2.45, 2.75) is 33.1 Å². The molecule has 0 heterocycles. The van der Waals surface area contributed by atoms with E-state index in [9.17, 15) is 0 Å². The van der Waals surface area contributed by atoms with Crippen molar-refractivity contribution < 1.29 is 0 Å².